The van der Waals surface area contributed by atoms with E-state index >= 15 is 0 Å². The van der Waals surface area contributed by atoms with Gasteiger partial charge in [0, 0.05) is 37.3 Å². The van der Waals surface area contributed by atoms with Crippen LogP contribution in [0.25, 0.3) is 17.2 Å². The molecule has 2 aromatic rings. The zero-order chi connectivity index (χ0) is 24.5. The van der Waals surface area contributed by atoms with Gasteiger partial charge >= 0.3 is 12.0 Å². The number of amides is 2. The van der Waals surface area contributed by atoms with Gasteiger partial charge in [-0.2, -0.15) is 0 Å². The number of likely N-dealkylation sites (tertiary alicyclic amines) is 1. The minimum absolute atomic E-state index is 0.0230. The molecule has 184 valence electrons. The summed E-state index contributed by atoms with van der Waals surface area (Å²) in [6.07, 6.45) is 7.57. The number of piperidine rings is 1. The van der Waals surface area contributed by atoms with E-state index in [2.05, 4.69) is 16.4 Å². The van der Waals surface area contributed by atoms with Gasteiger partial charge in [0.25, 0.3) is 0 Å². The van der Waals surface area contributed by atoms with E-state index in [9.17, 15) is 14.0 Å². The highest BCUT2D eigenvalue weighted by atomic mass is 19.1. The van der Waals surface area contributed by atoms with Crippen LogP contribution >= 0.6 is 0 Å². The first-order valence-corrected chi connectivity index (χ1v) is 12.6. The molecule has 0 bridgehead atoms. The van der Waals surface area contributed by atoms with E-state index in [1.165, 1.54) is 12.1 Å². The number of fused-ring (bicyclic) bond motifs is 2. The predicted molar refractivity (Wildman–Crippen MR) is 132 cm³/mol. The summed E-state index contributed by atoms with van der Waals surface area (Å²) >= 11 is 0. The van der Waals surface area contributed by atoms with Gasteiger partial charge < -0.3 is 15.0 Å². The van der Waals surface area contributed by atoms with E-state index in [0.29, 0.717) is 19.0 Å². The molecule has 35 heavy (non-hydrogen) atoms. The van der Waals surface area contributed by atoms with E-state index in [0.717, 1.165) is 36.2 Å². The minimum Gasteiger partial charge on any atom is -0.462 e. The van der Waals surface area contributed by atoms with Gasteiger partial charge in [-0.05, 0) is 74.3 Å². The Bertz CT molecular complexity index is 1120. The highest BCUT2D eigenvalue weighted by molar-refractivity contribution is 5.76. The molecular weight excluding hydrogens is 445 g/mol. The Morgan fingerprint density at radius 3 is 2.89 bits per heavy atom. The number of carbonyl (C=O) groups excluding carboxylic acids is 2. The van der Waals surface area contributed by atoms with Crippen molar-refractivity contribution < 1.29 is 18.7 Å². The first-order chi connectivity index (χ1) is 16.9. The Morgan fingerprint density at radius 1 is 1.29 bits per heavy atom. The van der Waals surface area contributed by atoms with Crippen LogP contribution in [0.1, 0.15) is 32.4 Å². The summed E-state index contributed by atoms with van der Waals surface area (Å²) in [7, 11) is 0. The van der Waals surface area contributed by atoms with Crippen LogP contribution in [0.2, 0.25) is 0 Å². The van der Waals surface area contributed by atoms with E-state index in [4.69, 9.17) is 4.74 Å². The second-order valence-electron chi connectivity index (χ2n) is 9.97. The van der Waals surface area contributed by atoms with E-state index in [-0.39, 0.29) is 47.6 Å². The third-order valence-electron chi connectivity index (χ3n) is 7.95. The van der Waals surface area contributed by atoms with Crippen molar-refractivity contribution in [2.45, 2.75) is 32.8 Å². The number of rotatable bonds is 4. The number of carbonyl (C=O) groups is 2. The monoisotopic (exact) mass is 477 g/mol. The molecule has 1 aromatic carbocycles. The molecule has 1 saturated carbocycles. The van der Waals surface area contributed by atoms with Gasteiger partial charge in [0.05, 0.1) is 11.6 Å². The SMILES string of the molecule is CCNC(=O)N1CC[C@@H]2[C@H](C[C@H]3C(=O)O[C@H](C)[C@H]3[C@H]2/C=C/c2ccc(-c3cccc(F)c3)cn2)C1. The molecule has 7 heteroatoms. The number of aromatic nitrogens is 1. The van der Waals surface area contributed by atoms with Crippen molar-refractivity contribution in [1.82, 2.24) is 15.2 Å². The number of hydrogen-bond acceptors (Lipinski definition) is 4. The van der Waals surface area contributed by atoms with Gasteiger partial charge in [0.2, 0.25) is 0 Å². The van der Waals surface area contributed by atoms with Gasteiger partial charge in [0.1, 0.15) is 11.9 Å². The highest BCUT2D eigenvalue weighted by Crippen LogP contribution is 2.51. The van der Waals surface area contributed by atoms with Gasteiger partial charge in [-0.3, -0.25) is 9.78 Å². The van der Waals surface area contributed by atoms with Gasteiger partial charge in [0.15, 0.2) is 0 Å². The van der Waals surface area contributed by atoms with Crippen LogP contribution in [-0.2, 0) is 9.53 Å². The second kappa shape index (κ2) is 9.80. The summed E-state index contributed by atoms with van der Waals surface area (Å²) in [6, 6.07) is 10.3. The van der Waals surface area contributed by atoms with E-state index in [1.54, 1.807) is 12.3 Å². The van der Waals surface area contributed by atoms with Crippen LogP contribution in [0.4, 0.5) is 9.18 Å². The van der Waals surface area contributed by atoms with Gasteiger partial charge in [-0.15, -0.1) is 0 Å². The summed E-state index contributed by atoms with van der Waals surface area (Å²) in [5.74, 6) is 0.480. The van der Waals surface area contributed by atoms with Crippen molar-refractivity contribution in [2.24, 2.45) is 29.6 Å². The predicted octanol–water partition coefficient (Wildman–Crippen LogP) is 4.77. The summed E-state index contributed by atoms with van der Waals surface area (Å²) in [4.78, 5) is 31.6. The fraction of sp³-hybridized carbons (Fsp3) is 0.464. The molecule has 2 saturated heterocycles. The third-order valence-corrected chi connectivity index (χ3v) is 7.95. The van der Waals surface area contributed by atoms with Crippen molar-refractivity contribution in [2.75, 3.05) is 19.6 Å². The van der Waals surface area contributed by atoms with Gasteiger partial charge in [-0.1, -0.05) is 24.3 Å². The van der Waals surface area contributed by atoms with Crippen molar-refractivity contribution in [1.29, 1.82) is 0 Å². The maximum absolute atomic E-state index is 13.6. The Hall–Kier alpha value is -3.22. The Balaban J connectivity index is 1.37. The van der Waals surface area contributed by atoms with Crippen LogP contribution < -0.4 is 5.32 Å². The Labute approximate surface area is 205 Å². The smallest absolute Gasteiger partial charge is 0.317 e. The maximum Gasteiger partial charge on any atom is 0.317 e. The molecule has 1 N–H and O–H groups in total. The average Bonchev–Trinajstić information content (AvgIpc) is 3.14. The number of urea groups is 1. The lowest BCUT2D eigenvalue weighted by atomic mass is 9.59. The maximum atomic E-state index is 13.6. The number of ether oxygens (including phenoxy) is 1. The number of esters is 1. The molecule has 6 atom stereocenters. The number of nitrogens with zero attached hydrogens (tertiary/aromatic N) is 2. The fourth-order valence-corrected chi connectivity index (χ4v) is 6.36. The molecule has 6 nitrogen and oxygen atoms in total. The lowest BCUT2D eigenvalue weighted by Crippen LogP contribution is -2.53. The fourth-order valence-electron chi connectivity index (χ4n) is 6.36. The van der Waals surface area contributed by atoms with Crippen molar-refractivity contribution in [3.63, 3.8) is 0 Å². The first-order valence-electron chi connectivity index (χ1n) is 12.6. The van der Waals surface area contributed by atoms with Crippen molar-refractivity contribution in [3.05, 3.63) is 60.2 Å². The molecule has 2 amide bonds. The number of hydrogen-bond donors (Lipinski definition) is 1. The molecule has 5 rings (SSSR count). The number of halogens is 1. The molecule has 0 spiro atoms. The van der Waals surface area contributed by atoms with Crippen molar-refractivity contribution >= 4 is 18.1 Å². The minimum atomic E-state index is -0.270. The summed E-state index contributed by atoms with van der Waals surface area (Å²) in [5.41, 5.74) is 2.47. The molecule has 2 aliphatic heterocycles. The van der Waals surface area contributed by atoms with Crippen LogP contribution in [-0.4, -0.2) is 47.6 Å². The zero-order valence-electron chi connectivity index (χ0n) is 20.2. The summed E-state index contributed by atoms with van der Waals surface area (Å²) < 4.78 is 19.2. The molecule has 0 radical (unpaired) electrons. The van der Waals surface area contributed by atoms with Crippen LogP contribution in [0, 0.1) is 35.4 Å². The third kappa shape index (κ3) is 4.68. The normalized spacial score (nSPS) is 30.0. The Morgan fingerprint density at radius 2 is 2.14 bits per heavy atom. The summed E-state index contributed by atoms with van der Waals surface area (Å²) in [6.45, 7) is 5.92. The quantitative estimate of drug-likeness (QED) is 0.644. The topological polar surface area (TPSA) is 71.5 Å². The first kappa shape index (κ1) is 23.5. The lowest BCUT2D eigenvalue weighted by Gasteiger charge is -2.48. The van der Waals surface area contributed by atoms with Crippen LogP contribution in [0.5, 0.6) is 0 Å². The summed E-state index contributed by atoms with van der Waals surface area (Å²) in [5, 5.41) is 2.90. The zero-order valence-corrected chi connectivity index (χ0v) is 20.2. The Kier molecular flexibility index (Phi) is 6.58. The molecule has 1 aliphatic carbocycles. The molecule has 0 unspecified atom stereocenters. The van der Waals surface area contributed by atoms with E-state index < -0.39 is 0 Å². The standard InChI is InChI=1S/C28H32FN3O3/c1-3-30-28(34)32-12-11-23-20(16-32)14-25-26(17(2)35-27(25)33)24(23)10-9-22-8-7-19(15-31-22)18-5-4-6-21(29)13-18/h4-10,13,15,17,20,23-26H,3,11-12,14,16H2,1-2H3,(H,30,34)/b10-9+/t17-,20-,23-,24+,25-,26+/m1/s1. The molecule has 3 heterocycles. The number of cyclic esters (lactones) is 1. The molecule has 3 aliphatic rings. The molecule has 1 aromatic heterocycles. The van der Waals surface area contributed by atoms with Crippen LogP contribution in [0.3, 0.4) is 0 Å². The van der Waals surface area contributed by atoms with Gasteiger partial charge in [-0.25, -0.2) is 9.18 Å². The van der Waals surface area contributed by atoms with Crippen molar-refractivity contribution in [3.8, 4) is 11.1 Å². The largest absolute Gasteiger partial charge is 0.462 e. The number of allylic oxidation sites excluding steroid dienone is 1. The second-order valence-corrected chi connectivity index (χ2v) is 9.97. The number of benzene rings is 1. The van der Waals surface area contributed by atoms with Crippen LogP contribution in [0.15, 0.2) is 48.7 Å². The lowest BCUT2D eigenvalue weighted by molar-refractivity contribution is -0.144. The number of nitrogens with one attached hydrogen (secondary N) is 1. The molecule has 3 fully saturated rings. The highest BCUT2D eigenvalue weighted by Gasteiger charge is 2.54. The average molecular weight is 478 g/mol. The molecular formula is C28H32FN3O3. The number of pyridine rings is 1. The van der Waals surface area contributed by atoms with E-state index in [1.807, 2.05) is 43.0 Å².